The fourth-order valence-corrected chi connectivity index (χ4v) is 4.29. The average molecular weight is 329 g/mol. The van der Waals surface area contributed by atoms with E-state index in [1.165, 1.54) is 38.5 Å². The van der Waals surface area contributed by atoms with Crippen LogP contribution in [0.1, 0.15) is 81.8 Å². The van der Waals surface area contributed by atoms with Gasteiger partial charge in [-0.3, -0.25) is 4.99 Å². The summed E-state index contributed by atoms with van der Waals surface area (Å²) in [6.07, 6.45) is 13.1. The Labute approximate surface area is 146 Å². The van der Waals surface area contributed by atoms with E-state index < -0.39 is 0 Å². The Morgan fingerprint density at radius 2 is 1.75 bits per heavy atom. The highest BCUT2D eigenvalue weighted by Gasteiger charge is 2.22. The minimum atomic E-state index is 0.391. The Morgan fingerprint density at radius 3 is 2.46 bits per heavy atom. The van der Waals surface area contributed by atoms with Gasteiger partial charge in [-0.05, 0) is 49.7 Å². The van der Waals surface area contributed by atoms with Crippen LogP contribution in [0.4, 0.5) is 0 Å². The van der Waals surface area contributed by atoms with Crippen LogP contribution in [-0.2, 0) is 0 Å². The Balaban J connectivity index is 1.86. The van der Waals surface area contributed by atoms with Crippen molar-refractivity contribution in [3.05, 3.63) is 23.3 Å². The highest BCUT2D eigenvalue weighted by atomic mass is 16.5. The quantitative estimate of drug-likeness (QED) is 0.747. The van der Waals surface area contributed by atoms with Gasteiger partial charge in [0.25, 0.3) is 0 Å². The van der Waals surface area contributed by atoms with E-state index in [9.17, 15) is 5.11 Å². The molecule has 132 valence electrons. The number of rotatable bonds is 4. The number of phenolic OH excluding ortho intramolecular Hbond substituents is 1. The summed E-state index contributed by atoms with van der Waals surface area (Å²) in [4.78, 5) is 4.82. The second-order valence-corrected chi connectivity index (χ2v) is 7.60. The molecule has 2 unspecified atom stereocenters. The third-order valence-electron chi connectivity index (χ3n) is 5.89. The van der Waals surface area contributed by atoms with Gasteiger partial charge in [0.05, 0.1) is 13.2 Å². The van der Waals surface area contributed by atoms with E-state index >= 15 is 0 Å². The summed E-state index contributed by atoms with van der Waals surface area (Å²) in [6.45, 7) is 2.29. The van der Waals surface area contributed by atoms with Crippen LogP contribution < -0.4 is 4.74 Å². The maximum absolute atomic E-state index is 10.8. The van der Waals surface area contributed by atoms with Crippen molar-refractivity contribution >= 4 is 6.21 Å². The molecule has 3 heteroatoms. The van der Waals surface area contributed by atoms with E-state index in [1.807, 2.05) is 18.3 Å². The monoisotopic (exact) mass is 329 g/mol. The first-order chi connectivity index (χ1) is 11.7. The van der Waals surface area contributed by atoms with Crippen LogP contribution in [0.3, 0.4) is 0 Å². The zero-order valence-electron chi connectivity index (χ0n) is 15.1. The first-order valence-corrected chi connectivity index (χ1v) is 9.63. The lowest BCUT2D eigenvalue weighted by Gasteiger charge is -2.25. The second-order valence-electron chi connectivity index (χ2n) is 7.60. The molecule has 1 aromatic rings. The van der Waals surface area contributed by atoms with Gasteiger partial charge in [0.1, 0.15) is 11.5 Å². The van der Waals surface area contributed by atoms with Crippen LogP contribution >= 0.6 is 0 Å². The van der Waals surface area contributed by atoms with Gasteiger partial charge >= 0.3 is 0 Å². The molecular weight excluding hydrogens is 298 g/mol. The molecule has 0 aliphatic heterocycles. The van der Waals surface area contributed by atoms with Crippen molar-refractivity contribution < 1.29 is 9.84 Å². The minimum absolute atomic E-state index is 0.391. The average Bonchev–Trinajstić information content (AvgIpc) is 2.63. The molecule has 0 saturated heterocycles. The Bertz CT molecular complexity index is 575. The van der Waals surface area contributed by atoms with Gasteiger partial charge in [-0.25, -0.2) is 0 Å². The van der Waals surface area contributed by atoms with Crippen LogP contribution in [0.5, 0.6) is 11.5 Å². The maximum Gasteiger partial charge on any atom is 0.128 e. The molecule has 3 nitrogen and oxygen atoms in total. The summed E-state index contributed by atoms with van der Waals surface area (Å²) in [6, 6.07) is 4.33. The molecule has 0 radical (unpaired) electrons. The van der Waals surface area contributed by atoms with E-state index in [0.29, 0.717) is 23.6 Å². The van der Waals surface area contributed by atoms with Crippen molar-refractivity contribution in [2.45, 2.75) is 76.7 Å². The number of hydrogen-bond acceptors (Lipinski definition) is 3. The summed E-state index contributed by atoms with van der Waals surface area (Å²) < 4.78 is 5.48. The SMILES string of the molecule is COc1cc(C=NC2CCCCC2C)c(O)c(C2CCCCC2)c1. The van der Waals surface area contributed by atoms with Crippen molar-refractivity contribution in [3.63, 3.8) is 0 Å². The molecule has 0 heterocycles. The van der Waals surface area contributed by atoms with Crippen molar-refractivity contribution in [2.75, 3.05) is 7.11 Å². The topological polar surface area (TPSA) is 41.8 Å². The molecule has 2 saturated carbocycles. The van der Waals surface area contributed by atoms with Crippen LogP contribution in [0.15, 0.2) is 17.1 Å². The molecule has 2 aliphatic carbocycles. The molecule has 2 atom stereocenters. The Kier molecular flexibility index (Phi) is 5.80. The molecule has 24 heavy (non-hydrogen) atoms. The van der Waals surface area contributed by atoms with Crippen molar-refractivity contribution in [3.8, 4) is 11.5 Å². The van der Waals surface area contributed by atoms with E-state index in [2.05, 4.69) is 6.92 Å². The summed E-state index contributed by atoms with van der Waals surface area (Å²) in [5.41, 5.74) is 1.86. The fraction of sp³-hybridized carbons (Fsp3) is 0.667. The Morgan fingerprint density at radius 1 is 1.04 bits per heavy atom. The van der Waals surface area contributed by atoms with Gasteiger partial charge in [0.2, 0.25) is 0 Å². The number of ether oxygens (including phenoxy) is 1. The minimum Gasteiger partial charge on any atom is -0.507 e. The first-order valence-electron chi connectivity index (χ1n) is 9.63. The summed E-state index contributed by atoms with van der Waals surface area (Å²) in [5.74, 6) is 2.33. The largest absolute Gasteiger partial charge is 0.507 e. The van der Waals surface area contributed by atoms with E-state index in [1.54, 1.807) is 7.11 Å². The van der Waals surface area contributed by atoms with Crippen LogP contribution in [0, 0.1) is 5.92 Å². The lowest BCUT2D eigenvalue weighted by atomic mass is 9.83. The zero-order chi connectivity index (χ0) is 16.9. The fourth-order valence-electron chi connectivity index (χ4n) is 4.29. The lowest BCUT2D eigenvalue weighted by molar-refractivity contribution is 0.333. The number of aliphatic imine (C=N–C) groups is 1. The number of phenols is 1. The van der Waals surface area contributed by atoms with Crippen LogP contribution in [0.25, 0.3) is 0 Å². The molecule has 1 N–H and O–H groups in total. The molecule has 0 aromatic heterocycles. The highest BCUT2D eigenvalue weighted by molar-refractivity contribution is 5.85. The third-order valence-corrected chi connectivity index (χ3v) is 5.89. The van der Waals surface area contributed by atoms with E-state index in [-0.39, 0.29) is 0 Å². The van der Waals surface area contributed by atoms with Gasteiger partial charge in [-0.15, -0.1) is 0 Å². The molecule has 2 aliphatic rings. The molecule has 0 bridgehead atoms. The van der Waals surface area contributed by atoms with Crippen molar-refractivity contribution in [2.24, 2.45) is 10.9 Å². The molecule has 2 fully saturated rings. The van der Waals surface area contributed by atoms with Gasteiger partial charge in [0.15, 0.2) is 0 Å². The summed E-state index contributed by atoms with van der Waals surface area (Å²) in [5, 5.41) is 10.8. The van der Waals surface area contributed by atoms with Crippen molar-refractivity contribution in [1.29, 1.82) is 0 Å². The zero-order valence-corrected chi connectivity index (χ0v) is 15.1. The first kappa shape index (κ1) is 17.3. The molecular formula is C21H31NO2. The highest BCUT2D eigenvalue weighted by Crippen LogP contribution is 2.40. The van der Waals surface area contributed by atoms with Crippen molar-refractivity contribution in [1.82, 2.24) is 0 Å². The van der Waals surface area contributed by atoms with Crippen LogP contribution in [0.2, 0.25) is 0 Å². The van der Waals surface area contributed by atoms with E-state index in [0.717, 1.165) is 36.1 Å². The van der Waals surface area contributed by atoms with Crippen LogP contribution in [-0.4, -0.2) is 24.5 Å². The van der Waals surface area contributed by atoms with E-state index in [4.69, 9.17) is 9.73 Å². The maximum atomic E-state index is 10.8. The van der Waals surface area contributed by atoms with Gasteiger partial charge < -0.3 is 9.84 Å². The summed E-state index contributed by atoms with van der Waals surface area (Å²) >= 11 is 0. The molecule has 0 spiro atoms. The number of hydrogen-bond donors (Lipinski definition) is 1. The number of nitrogens with zero attached hydrogens (tertiary/aromatic N) is 1. The van der Waals surface area contributed by atoms with Gasteiger partial charge in [-0.2, -0.15) is 0 Å². The normalized spacial score (nSPS) is 25.9. The predicted molar refractivity (Wildman–Crippen MR) is 99.5 cm³/mol. The molecule has 3 rings (SSSR count). The third kappa shape index (κ3) is 3.93. The second kappa shape index (κ2) is 8.04. The smallest absolute Gasteiger partial charge is 0.128 e. The van der Waals surface area contributed by atoms with Gasteiger partial charge in [-0.1, -0.05) is 39.0 Å². The molecule has 0 amide bonds. The lowest BCUT2D eigenvalue weighted by Crippen LogP contribution is -2.20. The number of methoxy groups -OCH3 is 1. The van der Waals surface area contributed by atoms with Gasteiger partial charge in [0, 0.05) is 17.3 Å². The Hall–Kier alpha value is -1.51. The number of benzene rings is 1. The summed E-state index contributed by atoms with van der Waals surface area (Å²) in [7, 11) is 1.70. The molecule has 1 aromatic carbocycles. The predicted octanol–water partition coefficient (Wildman–Crippen LogP) is 5.45. The standard InChI is InChI=1S/C21H31NO2/c1-15-8-6-7-11-20(15)22-14-17-12-18(24-2)13-19(21(17)23)16-9-4-3-5-10-16/h12-16,20,23H,3-11H2,1-2H3. The number of aromatic hydroxyl groups is 1.